The number of rotatable bonds is 4. The summed E-state index contributed by atoms with van der Waals surface area (Å²) in [5.41, 5.74) is 5.73. The molecule has 1 aromatic rings. The van der Waals surface area contributed by atoms with Crippen molar-refractivity contribution in [3.05, 3.63) is 77.9 Å². The van der Waals surface area contributed by atoms with Crippen molar-refractivity contribution in [2.75, 3.05) is 0 Å². The quantitative estimate of drug-likeness (QED) is 0.712. The number of benzene rings is 1. The van der Waals surface area contributed by atoms with E-state index in [9.17, 15) is 0 Å². The van der Waals surface area contributed by atoms with Crippen LogP contribution < -0.4 is 0 Å². The third kappa shape index (κ3) is 1.96. The molecule has 0 bridgehead atoms. The standard InChI is InChI=1S/C18H16B2/c1-5-9-13-10-15-14(7-3)16(8-4)18(19,20)17(15)11-12(13)6-2/h5-11H,2-4H2,1H3/b9-5-. The first-order valence-electron chi connectivity index (χ1n) is 6.52. The smallest absolute Gasteiger partial charge is 0.0745 e. The molecule has 0 atom stereocenters. The van der Waals surface area contributed by atoms with Gasteiger partial charge < -0.3 is 0 Å². The van der Waals surface area contributed by atoms with Gasteiger partial charge in [-0.15, -0.1) is 0 Å². The Morgan fingerprint density at radius 2 is 1.70 bits per heavy atom. The van der Waals surface area contributed by atoms with Crippen LogP contribution >= 0.6 is 0 Å². The minimum Gasteiger partial charge on any atom is -0.0988 e. The van der Waals surface area contributed by atoms with E-state index in [1.54, 1.807) is 12.2 Å². The monoisotopic (exact) mass is 254 g/mol. The van der Waals surface area contributed by atoms with Crippen molar-refractivity contribution in [3.8, 4) is 0 Å². The van der Waals surface area contributed by atoms with E-state index < -0.39 is 5.21 Å². The molecule has 0 saturated carbocycles. The van der Waals surface area contributed by atoms with Gasteiger partial charge in [0.25, 0.3) is 0 Å². The zero-order valence-corrected chi connectivity index (χ0v) is 11.8. The molecule has 0 saturated heterocycles. The highest BCUT2D eigenvalue weighted by Crippen LogP contribution is 2.45. The van der Waals surface area contributed by atoms with E-state index in [1.165, 1.54) is 0 Å². The molecule has 0 aliphatic heterocycles. The first-order valence-corrected chi connectivity index (χ1v) is 6.52. The minimum atomic E-state index is -1.03. The fraction of sp³-hybridized carbons (Fsp3) is 0.111. The van der Waals surface area contributed by atoms with Crippen LogP contribution in [0.2, 0.25) is 0 Å². The maximum absolute atomic E-state index is 6.31. The molecule has 0 heterocycles. The van der Waals surface area contributed by atoms with Gasteiger partial charge in [0, 0.05) is 0 Å². The van der Waals surface area contributed by atoms with Crippen LogP contribution in [0.15, 0.2) is 55.7 Å². The fourth-order valence-electron chi connectivity index (χ4n) is 2.71. The largest absolute Gasteiger partial charge is 0.0988 e. The Balaban J connectivity index is 2.83. The summed E-state index contributed by atoms with van der Waals surface area (Å²) in [6.07, 6.45) is 9.33. The minimum absolute atomic E-state index is 0.801. The average molecular weight is 254 g/mol. The molecular formula is C18H16B2. The topological polar surface area (TPSA) is 0 Å². The van der Waals surface area contributed by atoms with Crippen molar-refractivity contribution in [3.63, 3.8) is 0 Å². The predicted octanol–water partition coefficient (Wildman–Crippen LogP) is 3.99. The molecule has 94 valence electrons. The molecule has 0 amide bonds. The van der Waals surface area contributed by atoms with Gasteiger partial charge >= 0.3 is 0 Å². The van der Waals surface area contributed by atoms with Gasteiger partial charge in [-0.05, 0) is 46.4 Å². The molecule has 0 unspecified atom stereocenters. The molecule has 20 heavy (non-hydrogen) atoms. The summed E-state index contributed by atoms with van der Waals surface area (Å²) in [4.78, 5) is 0. The van der Waals surface area contributed by atoms with Gasteiger partial charge in [-0.2, -0.15) is 0 Å². The summed E-state index contributed by atoms with van der Waals surface area (Å²) < 4.78 is 0. The van der Waals surface area contributed by atoms with E-state index in [2.05, 4.69) is 25.8 Å². The van der Waals surface area contributed by atoms with Crippen molar-refractivity contribution < 1.29 is 0 Å². The molecule has 1 aliphatic rings. The Morgan fingerprint density at radius 3 is 2.20 bits per heavy atom. The Hall–Kier alpha value is -1.95. The first-order chi connectivity index (χ1) is 9.51. The molecule has 0 fully saturated rings. The van der Waals surface area contributed by atoms with Gasteiger partial charge in [0.1, 0.15) is 0 Å². The van der Waals surface area contributed by atoms with Crippen molar-refractivity contribution in [1.82, 2.24) is 0 Å². The second kappa shape index (κ2) is 5.20. The molecule has 0 N–H and O–H groups in total. The van der Waals surface area contributed by atoms with Gasteiger partial charge in [0.15, 0.2) is 0 Å². The van der Waals surface area contributed by atoms with Gasteiger partial charge in [-0.1, -0.05) is 61.4 Å². The normalized spacial score (nSPS) is 16.2. The summed E-state index contributed by atoms with van der Waals surface area (Å²) in [6, 6.07) is 4.08. The number of allylic oxidation sites excluding steroid dienone is 5. The molecule has 0 aromatic heterocycles. The number of fused-ring (bicyclic) bond motifs is 1. The van der Waals surface area contributed by atoms with E-state index in [0.29, 0.717) is 0 Å². The summed E-state index contributed by atoms with van der Waals surface area (Å²) in [6.45, 7) is 13.5. The van der Waals surface area contributed by atoms with Crippen LogP contribution in [0.4, 0.5) is 0 Å². The molecule has 0 nitrogen and oxygen atoms in total. The molecule has 2 heteroatoms. The van der Waals surface area contributed by atoms with Crippen LogP contribution in [0.25, 0.3) is 17.7 Å². The maximum Gasteiger partial charge on any atom is 0.0745 e. The highest BCUT2D eigenvalue weighted by Gasteiger charge is 2.34. The average Bonchev–Trinajstić information content (AvgIpc) is 2.64. The van der Waals surface area contributed by atoms with Crippen molar-refractivity contribution in [2.45, 2.75) is 12.1 Å². The van der Waals surface area contributed by atoms with E-state index in [0.717, 1.165) is 33.4 Å². The SMILES string of the molecule is [B]C1([B])C(C=C)=C(C=C)c2cc(/C=C\C)c(C=C)cc21. The molecule has 0 spiro atoms. The molecular weight excluding hydrogens is 238 g/mol. The zero-order valence-electron chi connectivity index (χ0n) is 11.8. The van der Waals surface area contributed by atoms with E-state index in [-0.39, 0.29) is 0 Å². The third-order valence-corrected chi connectivity index (χ3v) is 3.67. The summed E-state index contributed by atoms with van der Waals surface area (Å²) in [5, 5.41) is -1.03. The van der Waals surface area contributed by atoms with Gasteiger partial charge in [0.05, 0.1) is 15.7 Å². The number of hydrogen-bond donors (Lipinski definition) is 0. The predicted molar refractivity (Wildman–Crippen MR) is 91.7 cm³/mol. The lowest BCUT2D eigenvalue weighted by Crippen LogP contribution is -2.26. The lowest BCUT2D eigenvalue weighted by Gasteiger charge is -2.24. The van der Waals surface area contributed by atoms with Crippen LogP contribution in [-0.4, -0.2) is 15.7 Å². The summed E-state index contributed by atoms with van der Waals surface area (Å²) in [5.74, 6) is 0. The van der Waals surface area contributed by atoms with Crippen LogP contribution in [0.5, 0.6) is 0 Å². The third-order valence-electron chi connectivity index (χ3n) is 3.67. The molecule has 1 aromatic carbocycles. The van der Waals surface area contributed by atoms with E-state index >= 15 is 0 Å². The van der Waals surface area contributed by atoms with Crippen molar-refractivity contribution >= 4 is 33.4 Å². The molecule has 1 aliphatic carbocycles. The van der Waals surface area contributed by atoms with Crippen LogP contribution in [0.3, 0.4) is 0 Å². The van der Waals surface area contributed by atoms with Crippen molar-refractivity contribution in [1.29, 1.82) is 0 Å². The second-order valence-corrected chi connectivity index (χ2v) is 4.84. The summed E-state index contributed by atoms with van der Waals surface area (Å²) in [7, 11) is 12.6. The summed E-state index contributed by atoms with van der Waals surface area (Å²) >= 11 is 0. The van der Waals surface area contributed by atoms with Crippen LogP contribution in [0.1, 0.15) is 29.2 Å². The maximum atomic E-state index is 6.31. The van der Waals surface area contributed by atoms with Gasteiger partial charge in [-0.25, -0.2) is 0 Å². The highest BCUT2D eigenvalue weighted by molar-refractivity contribution is 6.44. The Labute approximate surface area is 124 Å². The fourth-order valence-corrected chi connectivity index (χ4v) is 2.71. The molecule has 4 radical (unpaired) electrons. The van der Waals surface area contributed by atoms with E-state index in [1.807, 2.05) is 31.2 Å². The van der Waals surface area contributed by atoms with Crippen LogP contribution in [-0.2, 0) is 5.21 Å². The second-order valence-electron chi connectivity index (χ2n) is 4.84. The number of hydrogen-bond acceptors (Lipinski definition) is 0. The van der Waals surface area contributed by atoms with Gasteiger partial charge in [-0.3, -0.25) is 0 Å². The zero-order chi connectivity index (χ0) is 14.9. The Morgan fingerprint density at radius 1 is 1.00 bits per heavy atom. The Bertz CT molecular complexity index is 658. The molecule has 2 rings (SSSR count). The highest BCUT2D eigenvalue weighted by atomic mass is 14.3. The van der Waals surface area contributed by atoms with Crippen molar-refractivity contribution in [2.24, 2.45) is 0 Å². The van der Waals surface area contributed by atoms with Gasteiger partial charge in [0.2, 0.25) is 0 Å². The van der Waals surface area contributed by atoms with E-state index in [4.69, 9.17) is 15.7 Å². The Kier molecular flexibility index (Phi) is 3.76. The van der Waals surface area contributed by atoms with Crippen LogP contribution in [0, 0.1) is 0 Å². The lowest BCUT2D eigenvalue weighted by atomic mass is 9.49. The lowest BCUT2D eigenvalue weighted by molar-refractivity contribution is 1.07. The first kappa shape index (κ1) is 14.5.